The Kier molecular flexibility index (Phi) is 1.12. The molecule has 0 radical (unpaired) electrons. The molecular formula is C3H7N3O. The summed E-state index contributed by atoms with van der Waals surface area (Å²) in [5.41, 5.74) is 5.16. The number of oxime groups is 1. The smallest absolute Gasteiger partial charge is 0.188 e. The Morgan fingerprint density at radius 2 is 2.86 bits per heavy atom. The third-order valence-electron chi connectivity index (χ3n) is 0.709. The Bertz CT molecular complexity index is 90.2. The van der Waals surface area contributed by atoms with Crippen molar-refractivity contribution in [1.82, 2.24) is 5.32 Å². The van der Waals surface area contributed by atoms with Crippen LogP contribution in [0.4, 0.5) is 0 Å². The maximum Gasteiger partial charge on any atom is 0.188 e. The van der Waals surface area contributed by atoms with E-state index in [0.29, 0.717) is 13.3 Å². The van der Waals surface area contributed by atoms with Crippen LogP contribution in [-0.2, 0) is 4.84 Å². The average molecular weight is 101 g/mol. The molecule has 0 aromatic rings. The van der Waals surface area contributed by atoms with Gasteiger partial charge >= 0.3 is 0 Å². The van der Waals surface area contributed by atoms with E-state index in [2.05, 4.69) is 15.3 Å². The van der Waals surface area contributed by atoms with E-state index in [0.717, 1.165) is 5.84 Å². The fourth-order valence-electron chi connectivity index (χ4n) is 0.367. The lowest BCUT2D eigenvalue weighted by atomic mass is 10.6. The number of amidine groups is 1. The van der Waals surface area contributed by atoms with E-state index in [9.17, 15) is 0 Å². The molecule has 1 rings (SSSR count). The van der Waals surface area contributed by atoms with Crippen LogP contribution in [-0.4, -0.2) is 19.1 Å². The third-order valence-corrected chi connectivity index (χ3v) is 0.709. The van der Waals surface area contributed by atoms with Gasteiger partial charge in [0.2, 0.25) is 0 Å². The molecule has 0 unspecified atom stereocenters. The lowest BCUT2D eigenvalue weighted by molar-refractivity contribution is 0.164. The quantitative estimate of drug-likeness (QED) is 0.438. The van der Waals surface area contributed by atoms with Gasteiger partial charge in [0.05, 0.1) is 6.54 Å². The maximum atomic E-state index is 5.16. The molecule has 0 aromatic heterocycles. The average Bonchev–Trinajstić information content (AvgIpc) is 2.14. The topological polar surface area (TPSA) is 59.6 Å². The fourth-order valence-corrected chi connectivity index (χ4v) is 0.367. The standard InChI is InChI=1S/C3H7N3O/c4-1-3-5-2-7-6-3/h1-2,4H2,(H,5,6). The Hall–Kier alpha value is -0.770. The molecule has 1 aliphatic rings. The largest absolute Gasteiger partial charge is 0.372 e. The van der Waals surface area contributed by atoms with Gasteiger partial charge in [-0.25, -0.2) is 0 Å². The van der Waals surface area contributed by atoms with Crippen molar-refractivity contribution in [3.05, 3.63) is 0 Å². The Morgan fingerprint density at radius 3 is 3.14 bits per heavy atom. The number of hydrogen-bond donors (Lipinski definition) is 2. The molecular weight excluding hydrogens is 94.1 g/mol. The van der Waals surface area contributed by atoms with Gasteiger partial charge in [0.15, 0.2) is 12.6 Å². The first-order valence-corrected chi connectivity index (χ1v) is 2.06. The molecule has 7 heavy (non-hydrogen) atoms. The SMILES string of the molecule is NCC1=NOCN1. The maximum absolute atomic E-state index is 5.16. The van der Waals surface area contributed by atoms with Gasteiger partial charge in [0.1, 0.15) is 0 Å². The van der Waals surface area contributed by atoms with E-state index in [1.54, 1.807) is 0 Å². The molecule has 3 N–H and O–H groups in total. The summed E-state index contributed by atoms with van der Waals surface area (Å²) in [4.78, 5) is 4.54. The van der Waals surface area contributed by atoms with Gasteiger partial charge in [-0.05, 0) is 0 Å². The van der Waals surface area contributed by atoms with Crippen LogP contribution in [0.25, 0.3) is 0 Å². The highest BCUT2D eigenvalue weighted by Crippen LogP contribution is 1.82. The molecule has 0 amide bonds. The summed E-state index contributed by atoms with van der Waals surface area (Å²) in [5, 5.41) is 6.34. The van der Waals surface area contributed by atoms with Crippen LogP contribution in [0, 0.1) is 0 Å². The van der Waals surface area contributed by atoms with Crippen molar-refractivity contribution in [2.24, 2.45) is 10.9 Å². The normalized spacial score (nSPS) is 17.6. The van der Waals surface area contributed by atoms with Crippen molar-refractivity contribution in [2.75, 3.05) is 13.3 Å². The van der Waals surface area contributed by atoms with Gasteiger partial charge in [0, 0.05) is 0 Å². The van der Waals surface area contributed by atoms with E-state index >= 15 is 0 Å². The summed E-state index contributed by atoms with van der Waals surface area (Å²) in [6.07, 6.45) is 0. The van der Waals surface area contributed by atoms with Crippen LogP contribution < -0.4 is 11.1 Å². The van der Waals surface area contributed by atoms with E-state index in [1.165, 1.54) is 0 Å². The van der Waals surface area contributed by atoms with Crippen LogP contribution in [0.1, 0.15) is 0 Å². The summed E-state index contributed by atoms with van der Waals surface area (Å²) in [7, 11) is 0. The van der Waals surface area contributed by atoms with E-state index in [4.69, 9.17) is 5.73 Å². The highest BCUT2D eigenvalue weighted by atomic mass is 16.6. The second kappa shape index (κ2) is 1.79. The molecule has 0 atom stereocenters. The monoisotopic (exact) mass is 101 g/mol. The summed E-state index contributed by atoms with van der Waals surface area (Å²) < 4.78 is 0. The fraction of sp³-hybridized carbons (Fsp3) is 0.667. The minimum absolute atomic E-state index is 0.431. The van der Waals surface area contributed by atoms with Crippen LogP contribution in [0.15, 0.2) is 5.16 Å². The lowest BCUT2D eigenvalue weighted by Gasteiger charge is -1.87. The summed E-state index contributed by atoms with van der Waals surface area (Å²) in [6, 6.07) is 0. The van der Waals surface area contributed by atoms with Crippen molar-refractivity contribution in [1.29, 1.82) is 0 Å². The van der Waals surface area contributed by atoms with E-state index in [-0.39, 0.29) is 0 Å². The molecule has 0 aliphatic carbocycles. The zero-order chi connectivity index (χ0) is 5.11. The predicted octanol–water partition coefficient (Wildman–Crippen LogP) is -1.16. The molecule has 0 aromatic carbocycles. The summed E-state index contributed by atoms with van der Waals surface area (Å²) >= 11 is 0. The molecule has 0 saturated heterocycles. The molecule has 4 heteroatoms. The molecule has 0 saturated carbocycles. The number of nitrogens with one attached hydrogen (secondary N) is 1. The summed E-state index contributed by atoms with van der Waals surface area (Å²) in [5.74, 6) is 0.722. The molecule has 40 valence electrons. The molecule has 4 nitrogen and oxygen atoms in total. The zero-order valence-corrected chi connectivity index (χ0v) is 3.85. The van der Waals surface area contributed by atoms with Gasteiger partial charge in [-0.15, -0.1) is 0 Å². The first-order valence-electron chi connectivity index (χ1n) is 2.06. The second-order valence-electron chi connectivity index (χ2n) is 1.19. The number of hydrogen-bond acceptors (Lipinski definition) is 4. The van der Waals surface area contributed by atoms with Crippen LogP contribution in [0.5, 0.6) is 0 Å². The Labute approximate surface area is 41.3 Å². The van der Waals surface area contributed by atoms with Gasteiger partial charge in [-0.1, -0.05) is 5.16 Å². The van der Waals surface area contributed by atoms with Gasteiger partial charge in [0.25, 0.3) is 0 Å². The van der Waals surface area contributed by atoms with Crippen LogP contribution >= 0.6 is 0 Å². The first-order chi connectivity index (χ1) is 3.43. The van der Waals surface area contributed by atoms with Crippen molar-refractivity contribution in [3.63, 3.8) is 0 Å². The van der Waals surface area contributed by atoms with Crippen LogP contribution in [0.3, 0.4) is 0 Å². The van der Waals surface area contributed by atoms with E-state index in [1.807, 2.05) is 0 Å². The highest BCUT2D eigenvalue weighted by molar-refractivity contribution is 5.83. The molecule has 1 aliphatic heterocycles. The zero-order valence-electron chi connectivity index (χ0n) is 3.85. The highest BCUT2D eigenvalue weighted by Gasteiger charge is 2.00. The number of nitrogens with zero attached hydrogens (tertiary/aromatic N) is 1. The van der Waals surface area contributed by atoms with Gasteiger partial charge < -0.3 is 15.9 Å². The third kappa shape index (κ3) is 0.806. The number of nitrogens with two attached hydrogens (primary N) is 1. The van der Waals surface area contributed by atoms with Crippen LogP contribution in [0.2, 0.25) is 0 Å². The predicted molar refractivity (Wildman–Crippen MR) is 25.6 cm³/mol. The molecule has 0 spiro atoms. The Balaban J connectivity index is 2.36. The van der Waals surface area contributed by atoms with Crippen molar-refractivity contribution < 1.29 is 4.84 Å². The van der Waals surface area contributed by atoms with Crippen molar-refractivity contribution in [2.45, 2.75) is 0 Å². The lowest BCUT2D eigenvalue weighted by Crippen LogP contribution is -2.26. The summed E-state index contributed by atoms with van der Waals surface area (Å²) in [6.45, 7) is 0.895. The molecule has 1 heterocycles. The number of rotatable bonds is 1. The van der Waals surface area contributed by atoms with Gasteiger partial charge in [-0.2, -0.15) is 0 Å². The van der Waals surface area contributed by atoms with Crippen molar-refractivity contribution >= 4 is 5.84 Å². The molecule has 0 fully saturated rings. The van der Waals surface area contributed by atoms with Gasteiger partial charge in [-0.3, -0.25) is 0 Å². The Morgan fingerprint density at radius 1 is 2.00 bits per heavy atom. The second-order valence-corrected chi connectivity index (χ2v) is 1.19. The minimum atomic E-state index is 0.431. The first kappa shape index (κ1) is 4.39. The van der Waals surface area contributed by atoms with E-state index < -0.39 is 0 Å². The minimum Gasteiger partial charge on any atom is -0.372 e. The molecule has 0 bridgehead atoms. The van der Waals surface area contributed by atoms with Crippen molar-refractivity contribution in [3.8, 4) is 0 Å².